The minimum atomic E-state index is -0.909. The van der Waals surface area contributed by atoms with Gasteiger partial charge in [-0.2, -0.15) is 0 Å². The van der Waals surface area contributed by atoms with E-state index in [1.165, 1.54) is 0 Å². The van der Waals surface area contributed by atoms with E-state index in [4.69, 9.17) is 16.6 Å². The van der Waals surface area contributed by atoms with Gasteiger partial charge < -0.3 is 21.9 Å². The summed E-state index contributed by atoms with van der Waals surface area (Å²) in [6.07, 6.45) is 2.68. The number of carboxylic acids is 1. The van der Waals surface area contributed by atoms with Crippen LogP contribution in [0.3, 0.4) is 0 Å². The van der Waals surface area contributed by atoms with Crippen molar-refractivity contribution < 1.29 is 19.5 Å². The van der Waals surface area contributed by atoms with E-state index >= 15 is 0 Å². The number of nitrogens with two attached hydrogens (primary N) is 2. The van der Waals surface area contributed by atoms with Gasteiger partial charge in [-0.1, -0.05) is 0 Å². The highest BCUT2D eigenvalue weighted by Gasteiger charge is 2.26. The van der Waals surface area contributed by atoms with E-state index in [1.54, 1.807) is 0 Å². The second-order valence-corrected chi connectivity index (χ2v) is 5.08. The molecule has 0 aliphatic heterocycles. The van der Waals surface area contributed by atoms with Crippen molar-refractivity contribution in [3.8, 4) is 0 Å². The van der Waals surface area contributed by atoms with Crippen molar-refractivity contribution in [2.24, 2.45) is 23.3 Å². The van der Waals surface area contributed by atoms with Gasteiger partial charge in [0.15, 0.2) is 0 Å². The summed E-state index contributed by atoms with van der Waals surface area (Å²) >= 11 is 0. The third-order valence-corrected chi connectivity index (χ3v) is 3.52. The van der Waals surface area contributed by atoms with Crippen LogP contribution in [-0.2, 0) is 14.4 Å². The summed E-state index contributed by atoms with van der Waals surface area (Å²) in [5.74, 6) is -1.72. The van der Waals surface area contributed by atoms with E-state index in [-0.39, 0.29) is 24.2 Å². The normalized spacial score (nSPS) is 24.5. The summed E-state index contributed by atoms with van der Waals surface area (Å²) in [5.41, 5.74) is 10.5. The Balaban J connectivity index is 2.25. The van der Waals surface area contributed by atoms with Gasteiger partial charge in [0.25, 0.3) is 0 Å². The van der Waals surface area contributed by atoms with Crippen LogP contribution in [0.5, 0.6) is 0 Å². The number of aliphatic carboxylic acids is 1. The number of carbonyl (C=O) groups is 3. The van der Waals surface area contributed by atoms with Gasteiger partial charge in [-0.25, -0.2) is 0 Å². The van der Waals surface area contributed by atoms with Crippen LogP contribution in [0.25, 0.3) is 0 Å². The molecular weight excluding hydrogens is 250 g/mol. The number of rotatable bonds is 6. The molecule has 0 unspecified atom stereocenters. The van der Waals surface area contributed by atoms with Gasteiger partial charge in [-0.3, -0.25) is 14.4 Å². The molecule has 0 spiro atoms. The number of amides is 2. The number of carboxylic acid groups (broad SMARTS) is 1. The van der Waals surface area contributed by atoms with Gasteiger partial charge in [0, 0.05) is 6.54 Å². The summed E-state index contributed by atoms with van der Waals surface area (Å²) in [7, 11) is 0. The summed E-state index contributed by atoms with van der Waals surface area (Å²) in [6.45, 7) is 0.470. The van der Waals surface area contributed by atoms with Crippen molar-refractivity contribution in [3.63, 3.8) is 0 Å². The predicted octanol–water partition coefficient (Wildman–Crippen LogP) is -0.804. The monoisotopic (exact) mass is 271 g/mol. The third-order valence-electron chi connectivity index (χ3n) is 3.52. The first-order valence-electron chi connectivity index (χ1n) is 6.44. The first-order valence-corrected chi connectivity index (χ1v) is 6.44. The standard InChI is InChI=1S/C12H21N3O4/c13-9(5-10(14)16)11(17)15-6-7-1-3-8(4-2-7)12(18)19/h7-9H,1-6,13H2,(H2,14,16)(H,15,17)(H,18,19)/t7?,8?,9-/m0/s1. The maximum atomic E-state index is 11.6. The molecule has 1 aliphatic carbocycles. The highest BCUT2D eigenvalue weighted by molar-refractivity contribution is 5.87. The van der Waals surface area contributed by atoms with E-state index in [9.17, 15) is 14.4 Å². The van der Waals surface area contributed by atoms with Crippen LogP contribution in [0.2, 0.25) is 0 Å². The quantitative estimate of drug-likeness (QED) is 0.501. The Hall–Kier alpha value is -1.63. The molecular formula is C12H21N3O4. The Morgan fingerprint density at radius 2 is 1.79 bits per heavy atom. The maximum Gasteiger partial charge on any atom is 0.306 e. The molecule has 7 nitrogen and oxygen atoms in total. The van der Waals surface area contributed by atoms with E-state index in [1.807, 2.05) is 0 Å². The van der Waals surface area contributed by atoms with Crippen molar-refractivity contribution in [1.29, 1.82) is 0 Å². The lowest BCUT2D eigenvalue weighted by atomic mass is 9.82. The molecule has 0 radical (unpaired) electrons. The fraction of sp³-hybridized carbons (Fsp3) is 0.750. The lowest BCUT2D eigenvalue weighted by Crippen LogP contribution is -2.44. The van der Waals surface area contributed by atoms with Crippen LogP contribution in [0.1, 0.15) is 32.1 Å². The van der Waals surface area contributed by atoms with Crippen molar-refractivity contribution in [3.05, 3.63) is 0 Å². The Morgan fingerprint density at radius 1 is 1.21 bits per heavy atom. The van der Waals surface area contributed by atoms with E-state index in [2.05, 4.69) is 5.32 Å². The smallest absolute Gasteiger partial charge is 0.306 e. The predicted molar refractivity (Wildman–Crippen MR) is 67.9 cm³/mol. The van der Waals surface area contributed by atoms with Crippen LogP contribution >= 0.6 is 0 Å². The van der Waals surface area contributed by atoms with Gasteiger partial charge in [-0.05, 0) is 31.6 Å². The SMILES string of the molecule is NC(=O)C[C@H](N)C(=O)NCC1CCC(C(=O)O)CC1. The first kappa shape index (κ1) is 15.4. The molecule has 1 aliphatic rings. The van der Waals surface area contributed by atoms with Crippen molar-refractivity contribution in [1.82, 2.24) is 5.32 Å². The number of nitrogens with one attached hydrogen (secondary N) is 1. The van der Waals surface area contributed by atoms with Crippen LogP contribution in [0.4, 0.5) is 0 Å². The summed E-state index contributed by atoms with van der Waals surface area (Å²) in [5, 5.41) is 11.6. The van der Waals surface area contributed by atoms with Gasteiger partial charge in [0.1, 0.15) is 0 Å². The first-order chi connectivity index (χ1) is 8.90. The van der Waals surface area contributed by atoms with Gasteiger partial charge in [0.2, 0.25) is 11.8 Å². The molecule has 0 aromatic heterocycles. The molecule has 0 saturated heterocycles. The lowest BCUT2D eigenvalue weighted by Gasteiger charge is -2.26. The molecule has 0 aromatic carbocycles. The lowest BCUT2D eigenvalue weighted by molar-refractivity contribution is -0.143. The Bertz CT molecular complexity index is 351. The molecule has 7 heteroatoms. The van der Waals surface area contributed by atoms with Crippen LogP contribution < -0.4 is 16.8 Å². The molecule has 19 heavy (non-hydrogen) atoms. The average molecular weight is 271 g/mol. The highest BCUT2D eigenvalue weighted by Crippen LogP contribution is 2.28. The number of carbonyl (C=O) groups excluding carboxylic acids is 2. The van der Waals surface area contributed by atoms with E-state index in [0.29, 0.717) is 19.4 Å². The van der Waals surface area contributed by atoms with Crippen LogP contribution in [0, 0.1) is 11.8 Å². The second-order valence-electron chi connectivity index (χ2n) is 5.08. The molecule has 1 saturated carbocycles. The number of hydrogen-bond donors (Lipinski definition) is 4. The second kappa shape index (κ2) is 7.08. The molecule has 1 atom stereocenters. The fourth-order valence-corrected chi connectivity index (χ4v) is 2.30. The summed E-state index contributed by atoms with van der Waals surface area (Å²) in [6, 6.07) is -0.909. The maximum absolute atomic E-state index is 11.6. The molecule has 6 N–H and O–H groups in total. The number of primary amides is 1. The summed E-state index contributed by atoms with van der Waals surface area (Å²) in [4.78, 5) is 33.0. The Labute approximate surface area is 111 Å². The van der Waals surface area contributed by atoms with Gasteiger partial charge in [0.05, 0.1) is 18.4 Å². The Kier molecular flexibility index (Phi) is 5.75. The third kappa shape index (κ3) is 5.25. The minimum absolute atomic E-state index is 0.169. The molecule has 1 rings (SSSR count). The zero-order valence-electron chi connectivity index (χ0n) is 10.8. The van der Waals surface area contributed by atoms with E-state index < -0.39 is 17.9 Å². The summed E-state index contributed by atoms with van der Waals surface area (Å²) < 4.78 is 0. The zero-order valence-corrected chi connectivity index (χ0v) is 10.8. The topological polar surface area (TPSA) is 136 Å². The van der Waals surface area contributed by atoms with E-state index in [0.717, 1.165) is 12.8 Å². The highest BCUT2D eigenvalue weighted by atomic mass is 16.4. The van der Waals surface area contributed by atoms with Crippen LogP contribution in [0.15, 0.2) is 0 Å². The molecule has 0 aromatic rings. The van der Waals surface area contributed by atoms with Crippen molar-refractivity contribution >= 4 is 17.8 Å². The largest absolute Gasteiger partial charge is 0.481 e. The van der Waals surface area contributed by atoms with Gasteiger partial charge >= 0.3 is 5.97 Å². The minimum Gasteiger partial charge on any atom is -0.481 e. The van der Waals surface area contributed by atoms with Crippen molar-refractivity contribution in [2.75, 3.05) is 6.54 Å². The number of hydrogen-bond acceptors (Lipinski definition) is 4. The Morgan fingerprint density at radius 3 is 2.26 bits per heavy atom. The van der Waals surface area contributed by atoms with Gasteiger partial charge in [-0.15, -0.1) is 0 Å². The fourth-order valence-electron chi connectivity index (χ4n) is 2.30. The molecule has 1 fully saturated rings. The molecule has 2 amide bonds. The molecule has 0 bridgehead atoms. The molecule has 108 valence electrons. The van der Waals surface area contributed by atoms with Crippen molar-refractivity contribution in [2.45, 2.75) is 38.1 Å². The van der Waals surface area contributed by atoms with Crippen LogP contribution in [-0.4, -0.2) is 35.5 Å². The zero-order chi connectivity index (χ0) is 14.4. The average Bonchev–Trinajstić information content (AvgIpc) is 2.35. The molecule has 0 heterocycles.